The molecule has 0 saturated carbocycles. The van der Waals surface area contributed by atoms with Gasteiger partial charge in [-0.2, -0.15) is 0 Å². The lowest BCUT2D eigenvalue weighted by atomic mass is 10.1. The van der Waals surface area contributed by atoms with Gasteiger partial charge in [-0.3, -0.25) is 0 Å². The molecular weight excluding hydrogens is 292 g/mol. The summed E-state index contributed by atoms with van der Waals surface area (Å²) in [5.74, 6) is -0.708. The molecule has 0 aromatic carbocycles. The summed E-state index contributed by atoms with van der Waals surface area (Å²) in [6, 6.07) is 2.67. The van der Waals surface area contributed by atoms with Gasteiger partial charge in [0, 0.05) is 6.04 Å². The monoisotopic (exact) mass is 304 g/mol. The van der Waals surface area contributed by atoms with E-state index >= 15 is 0 Å². The van der Waals surface area contributed by atoms with Crippen LogP contribution < -0.4 is 5.32 Å². The Kier molecular flexibility index (Phi) is 3.96. The van der Waals surface area contributed by atoms with Crippen molar-refractivity contribution in [2.24, 2.45) is 0 Å². The van der Waals surface area contributed by atoms with E-state index in [2.05, 4.69) is 10.3 Å². The maximum atomic E-state index is 11.3. The van der Waals surface area contributed by atoms with Gasteiger partial charge in [0.2, 0.25) is 0 Å². The Bertz CT molecular complexity index is 589. The molecule has 2 N–H and O–H groups in total. The zero-order valence-electron chi connectivity index (χ0n) is 9.97. The van der Waals surface area contributed by atoms with Crippen LogP contribution in [0.5, 0.6) is 0 Å². The molecule has 0 amide bonds. The van der Waals surface area contributed by atoms with Crippen molar-refractivity contribution >= 4 is 33.2 Å². The van der Waals surface area contributed by atoms with E-state index in [9.17, 15) is 13.2 Å². The van der Waals surface area contributed by atoms with Gasteiger partial charge in [0.05, 0.1) is 11.5 Å². The first-order chi connectivity index (χ1) is 8.87. The van der Waals surface area contributed by atoms with Crippen LogP contribution in [0.4, 0.5) is 5.82 Å². The van der Waals surface area contributed by atoms with Crippen molar-refractivity contribution in [2.45, 2.75) is 18.9 Å². The number of nitrogens with one attached hydrogen (secondary N) is 1. The lowest BCUT2D eigenvalue weighted by molar-refractivity contribution is 0.0697. The number of anilines is 1. The van der Waals surface area contributed by atoms with Gasteiger partial charge in [0.15, 0.2) is 0 Å². The average Bonchev–Trinajstić information content (AvgIpc) is 2.31. The molecule has 1 aliphatic rings. The van der Waals surface area contributed by atoms with Gasteiger partial charge >= 0.3 is 5.97 Å². The first kappa shape index (κ1) is 14.1. The first-order valence-corrected chi connectivity index (χ1v) is 7.94. The van der Waals surface area contributed by atoms with E-state index in [4.69, 9.17) is 16.7 Å². The molecule has 1 saturated heterocycles. The normalized spacial score (nSPS) is 19.0. The number of hydrogen-bond donors (Lipinski definition) is 2. The molecule has 0 atom stereocenters. The highest BCUT2D eigenvalue weighted by molar-refractivity contribution is 7.91. The van der Waals surface area contributed by atoms with E-state index in [1.165, 1.54) is 12.1 Å². The van der Waals surface area contributed by atoms with Crippen LogP contribution in [0, 0.1) is 0 Å². The second-order valence-corrected chi connectivity index (χ2v) is 7.10. The van der Waals surface area contributed by atoms with Crippen molar-refractivity contribution in [1.29, 1.82) is 0 Å². The Morgan fingerprint density at radius 1 is 1.37 bits per heavy atom. The molecule has 0 bridgehead atoms. The summed E-state index contributed by atoms with van der Waals surface area (Å²) in [5.41, 5.74) is 0.0258. The van der Waals surface area contributed by atoms with E-state index in [0.717, 1.165) is 0 Å². The number of sulfone groups is 1. The summed E-state index contributed by atoms with van der Waals surface area (Å²) < 4.78 is 22.6. The van der Waals surface area contributed by atoms with Crippen molar-refractivity contribution in [1.82, 2.24) is 4.98 Å². The van der Waals surface area contributed by atoms with Crippen LogP contribution in [0.3, 0.4) is 0 Å². The summed E-state index contributed by atoms with van der Waals surface area (Å²) in [4.78, 5) is 15.0. The highest BCUT2D eigenvalue weighted by Gasteiger charge is 2.25. The maximum absolute atomic E-state index is 11.3. The molecule has 0 spiro atoms. The van der Waals surface area contributed by atoms with Crippen LogP contribution >= 0.6 is 11.6 Å². The average molecular weight is 305 g/mol. The Morgan fingerprint density at radius 3 is 2.58 bits per heavy atom. The SMILES string of the molecule is O=C(O)c1ccc(Cl)nc1NC1CCS(=O)(=O)CC1. The molecule has 2 rings (SSSR count). The molecule has 2 heterocycles. The first-order valence-electron chi connectivity index (χ1n) is 5.74. The van der Waals surface area contributed by atoms with Crippen LogP contribution in [0.15, 0.2) is 12.1 Å². The van der Waals surface area contributed by atoms with E-state index in [1.807, 2.05) is 0 Å². The zero-order chi connectivity index (χ0) is 14.0. The number of carbonyl (C=O) groups is 1. The van der Waals surface area contributed by atoms with Gasteiger partial charge in [-0.15, -0.1) is 0 Å². The second kappa shape index (κ2) is 5.34. The van der Waals surface area contributed by atoms with E-state index in [0.29, 0.717) is 12.8 Å². The quantitative estimate of drug-likeness (QED) is 0.820. The number of carboxylic acid groups (broad SMARTS) is 1. The Labute approximate surface area is 115 Å². The number of aromatic carboxylic acids is 1. The molecule has 0 radical (unpaired) electrons. The van der Waals surface area contributed by atoms with E-state index < -0.39 is 15.8 Å². The minimum Gasteiger partial charge on any atom is -0.478 e. The van der Waals surface area contributed by atoms with Crippen LogP contribution in [0.2, 0.25) is 5.15 Å². The molecule has 6 nitrogen and oxygen atoms in total. The lowest BCUT2D eigenvalue weighted by Gasteiger charge is -2.24. The number of halogens is 1. The van der Waals surface area contributed by atoms with Crippen molar-refractivity contribution < 1.29 is 18.3 Å². The van der Waals surface area contributed by atoms with Gasteiger partial charge in [-0.05, 0) is 25.0 Å². The molecule has 8 heteroatoms. The third kappa shape index (κ3) is 3.57. The van der Waals surface area contributed by atoms with E-state index in [-0.39, 0.29) is 34.1 Å². The molecule has 1 aromatic rings. The zero-order valence-corrected chi connectivity index (χ0v) is 11.5. The minimum absolute atomic E-state index is 0.0258. The number of hydrogen-bond acceptors (Lipinski definition) is 5. The molecule has 1 aliphatic heterocycles. The van der Waals surface area contributed by atoms with Gasteiger partial charge in [0.25, 0.3) is 0 Å². The summed E-state index contributed by atoms with van der Waals surface area (Å²) in [5, 5.41) is 12.2. The van der Waals surface area contributed by atoms with E-state index in [1.54, 1.807) is 0 Å². The Morgan fingerprint density at radius 2 is 2.00 bits per heavy atom. The van der Waals surface area contributed by atoms with Crippen molar-refractivity contribution in [3.8, 4) is 0 Å². The summed E-state index contributed by atoms with van der Waals surface area (Å²) in [7, 11) is -2.95. The lowest BCUT2D eigenvalue weighted by Crippen LogP contribution is -2.32. The number of aromatic nitrogens is 1. The van der Waals surface area contributed by atoms with Crippen molar-refractivity contribution in [2.75, 3.05) is 16.8 Å². The van der Waals surface area contributed by atoms with Crippen LogP contribution in [-0.2, 0) is 9.84 Å². The summed E-state index contributed by atoms with van der Waals surface area (Å²) in [6.45, 7) is 0. The van der Waals surface area contributed by atoms with Crippen LogP contribution in [-0.4, -0.2) is 42.0 Å². The van der Waals surface area contributed by atoms with Crippen LogP contribution in [0.1, 0.15) is 23.2 Å². The standard InChI is InChI=1S/C11H13ClN2O4S/c12-9-2-1-8(11(15)16)10(14-9)13-7-3-5-19(17,18)6-4-7/h1-2,7H,3-6H2,(H,13,14)(H,15,16). The number of nitrogens with zero attached hydrogens (tertiary/aromatic N) is 1. The fourth-order valence-corrected chi connectivity index (χ4v) is 3.58. The fraction of sp³-hybridized carbons (Fsp3) is 0.455. The van der Waals surface area contributed by atoms with Crippen molar-refractivity contribution in [3.63, 3.8) is 0 Å². The summed E-state index contributed by atoms with van der Waals surface area (Å²) >= 11 is 5.74. The predicted molar refractivity (Wildman–Crippen MR) is 71.5 cm³/mol. The highest BCUT2D eigenvalue weighted by atomic mass is 35.5. The maximum Gasteiger partial charge on any atom is 0.339 e. The second-order valence-electron chi connectivity index (χ2n) is 4.41. The minimum atomic E-state index is -2.95. The molecule has 104 valence electrons. The van der Waals surface area contributed by atoms with Gasteiger partial charge < -0.3 is 10.4 Å². The topological polar surface area (TPSA) is 96.4 Å². The number of pyridine rings is 1. The van der Waals surface area contributed by atoms with Gasteiger partial charge in [-0.25, -0.2) is 18.2 Å². The molecular formula is C11H13ClN2O4S. The molecule has 0 unspecified atom stereocenters. The smallest absolute Gasteiger partial charge is 0.339 e. The number of carboxylic acids is 1. The van der Waals surface area contributed by atoms with Gasteiger partial charge in [-0.1, -0.05) is 11.6 Å². The fourth-order valence-electron chi connectivity index (χ4n) is 1.95. The number of rotatable bonds is 3. The third-order valence-corrected chi connectivity index (χ3v) is 4.91. The predicted octanol–water partition coefficient (Wildman–Crippen LogP) is 1.42. The molecule has 0 aliphatic carbocycles. The largest absolute Gasteiger partial charge is 0.478 e. The molecule has 1 aromatic heterocycles. The third-order valence-electron chi connectivity index (χ3n) is 2.99. The Balaban J connectivity index is 2.15. The summed E-state index contributed by atoms with van der Waals surface area (Å²) in [6.07, 6.45) is 0.880. The van der Waals surface area contributed by atoms with Crippen molar-refractivity contribution in [3.05, 3.63) is 22.8 Å². The molecule has 19 heavy (non-hydrogen) atoms. The van der Waals surface area contributed by atoms with Crippen LogP contribution in [0.25, 0.3) is 0 Å². The highest BCUT2D eigenvalue weighted by Crippen LogP contribution is 2.21. The Hall–Kier alpha value is -1.34. The van der Waals surface area contributed by atoms with Gasteiger partial charge in [0.1, 0.15) is 26.4 Å². The molecule has 1 fully saturated rings.